The van der Waals surface area contributed by atoms with E-state index >= 15 is 0 Å². The molecule has 0 N–H and O–H groups in total. The SMILES string of the molecule is c1ccc(-c2cc(-c3ccc4c(c3)oc3cc(-c5ccc6c7ccccc7c7ccccc7c6c5)ccc34)cc(-c3cccc4c3sc3ccccc34)c2)cc1. The summed E-state index contributed by atoms with van der Waals surface area (Å²) in [5.74, 6) is 0. The summed E-state index contributed by atoms with van der Waals surface area (Å²) < 4.78 is 9.35. The van der Waals surface area contributed by atoms with Crippen LogP contribution >= 0.6 is 11.3 Å². The standard InChI is InChI=1S/C54H32OS/c1-2-11-33(12-3-1)37-27-38(29-39(28-37)40-18-10-19-49-48-17-8-9-20-53(48)56-54(40)49)36-23-26-47-46-25-22-35(31-51(46)55-52(47)32-36)34-21-24-45-43-15-5-4-13-41(43)42-14-6-7-16-44(42)50(45)30-34/h1-32H. The Morgan fingerprint density at radius 1 is 0.268 bits per heavy atom. The van der Waals surface area contributed by atoms with E-state index in [0.29, 0.717) is 0 Å². The molecule has 0 amide bonds. The summed E-state index contributed by atoms with van der Waals surface area (Å²) >= 11 is 1.88. The number of benzene rings is 10. The molecule has 56 heavy (non-hydrogen) atoms. The first-order chi connectivity index (χ1) is 27.7. The minimum Gasteiger partial charge on any atom is -0.456 e. The maximum absolute atomic E-state index is 6.71. The highest BCUT2D eigenvalue weighted by Gasteiger charge is 2.16. The maximum atomic E-state index is 6.71. The molecule has 1 nitrogen and oxygen atoms in total. The molecule has 0 aliphatic heterocycles. The van der Waals surface area contributed by atoms with Crippen molar-refractivity contribution < 1.29 is 4.42 Å². The van der Waals surface area contributed by atoms with Gasteiger partial charge in [-0.05, 0) is 131 Å². The first-order valence-corrected chi connectivity index (χ1v) is 20.0. The fraction of sp³-hybridized carbons (Fsp3) is 0. The maximum Gasteiger partial charge on any atom is 0.136 e. The Bertz CT molecular complexity index is 3500. The Kier molecular flexibility index (Phi) is 6.87. The molecule has 0 saturated carbocycles. The third kappa shape index (κ3) is 4.86. The van der Waals surface area contributed by atoms with Gasteiger partial charge < -0.3 is 4.42 Å². The van der Waals surface area contributed by atoms with Crippen molar-refractivity contribution in [2.75, 3.05) is 0 Å². The van der Waals surface area contributed by atoms with E-state index in [9.17, 15) is 0 Å². The molecule has 12 aromatic rings. The van der Waals surface area contributed by atoms with Gasteiger partial charge in [0.25, 0.3) is 0 Å². The van der Waals surface area contributed by atoms with Crippen LogP contribution < -0.4 is 0 Å². The van der Waals surface area contributed by atoms with Gasteiger partial charge in [-0.15, -0.1) is 11.3 Å². The zero-order valence-electron chi connectivity index (χ0n) is 30.3. The van der Waals surface area contributed by atoms with Crippen molar-refractivity contribution in [3.8, 4) is 44.5 Å². The largest absolute Gasteiger partial charge is 0.456 e. The van der Waals surface area contributed by atoms with E-state index in [1.54, 1.807) is 0 Å². The molecule has 10 aromatic carbocycles. The number of thiophene rings is 1. The van der Waals surface area contributed by atoms with Gasteiger partial charge in [0.05, 0.1) is 0 Å². The molecular weight excluding hydrogens is 697 g/mol. The second-order valence-electron chi connectivity index (χ2n) is 14.8. The molecule has 0 saturated heterocycles. The summed E-state index contributed by atoms with van der Waals surface area (Å²) in [6.07, 6.45) is 0. The molecule has 0 aliphatic rings. The van der Waals surface area contributed by atoms with E-state index in [4.69, 9.17) is 4.42 Å². The lowest BCUT2D eigenvalue weighted by molar-refractivity contribution is 0.669. The van der Waals surface area contributed by atoms with Gasteiger partial charge in [0.15, 0.2) is 0 Å². The Labute approximate surface area is 327 Å². The van der Waals surface area contributed by atoms with Crippen LogP contribution in [0, 0.1) is 0 Å². The summed E-state index contributed by atoms with van der Waals surface area (Å²) in [6.45, 7) is 0. The van der Waals surface area contributed by atoms with Crippen molar-refractivity contribution in [3.63, 3.8) is 0 Å². The molecule has 2 aromatic heterocycles. The minimum absolute atomic E-state index is 0.892. The highest BCUT2D eigenvalue weighted by Crippen LogP contribution is 2.43. The van der Waals surface area contributed by atoms with E-state index in [1.165, 1.54) is 85.9 Å². The van der Waals surface area contributed by atoms with E-state index < -0.39 is 0 Å². The van der Waals surface area contributed by atoms with Gasteiger partial charge >= 0.3 is 0 Å². The molecule has 0 fully saturated rings. The van der Waals surface area contributed by atoms with Gasteiger partial charge in [0.2, 0.25) is 0 Å². The third-order valence-corrected chi connectivity index (χ3v) is 12.9. The highest BCUT2D eigenvalue weighted by molar-refractivity contribution is 7.26. The van der Waals surface area contributed by atoms with Gasteiger partial charge in [0, 0.05) is 30.9 Å². The van der Waals surface area contributed by atoms with Crippen molar-refractivity contribution in [1.29, 1.82) is 0 Å². The zero-order valence-corrected chi connectivity index (χ0v) is 31.1. The summed E-state index contributed by atoms with van der Waals surface area (Å²) in [6, 6.07) is 70.9. The zero-order chi connectivity index (χ0) is 36.7. The predicted octanol–water partition coefficient (Wildman–Crippen LogP) is 16.1. The van der Waals surface area contributed by atoms with E-state index in [2.05, 4.69) is 194 Å². The van der Waals surface area contributed by atoms with Gasteiger partial charge in [-0.1, -0.05) is 140 Å². The molecule has 0 bridgehead atoms. The smallest absolute Gasteiger partial charge is 0.136 e. The van der Waals surface area contributed by atoms with E-state index in [-0.39, 0.29) is 0 Å². The lowest BCUT2D eigenvalue weighted by Gasteiger charge is -2.12. The first-order valence-electron chi connectivity index (χ1n) is 19.1. The predicted molar refractivity (Wildman–Crippen MR) is 241 cm³/mol. The highest BCUT2D eigenvalue weighted by atomic mass is 32.1. The summed E-state index contributed by atoms with van der Waals surface area (Å²) in [7, 11) is 0. The van der Waals surface area contributed by atoms with Gasteiger partial charge in [-0.25, -0.2) is 0 Å². The third-order valence-electron chi connectivity index (χ3n) is 11.6. The molecule has 0 spiro atoms. The van der Waals surface area contributed by atoms with Gasteiger partial charge in [-0.3, -0.25) is 0 Å². The minimum atomic E-state index is 0.892. The lowest BCUT2D eigenvalue weighted by Crippen LogP contribution is -1.86. The molecule has 2 heterocycles. The Morgan fingerprint density at radius 3 is 1.43 bits per heavy atom. The number of hydrogen-bond acceptors (Lipinski definition) is 2. The molecule has 2 heteroatoms. The fourth-order valence-electron chi connectivity index (χ4n) is 8.94. The fourth-order valence-corrected chi connectivity index (χ4v) is 10.2. The molecule has 0 unspecified atom stereocenters. The van der Waals surface area contributed by atoms with Crippen molar-refractivity contribution in [3.05, 3.63) is 194 Å². The Balaban J connectivity index is 0.988. The second kappa shape index (κ2) is 12.3. The van der Waals surface area contributed by atoms with Gasteiger partial charge in [0.1, 0.15) is 11.2 Å². The summed E-state index contributed by atoms with van der Waals surface area (Å²) in [5.41, 5.74) is 11.3. The van der Waals surface area contributed by atoms with Crippen molar-refractivity contribution in [1.82, 2.24) is 0 Å². The number of rotatable bonds is 4. The van der Waals surface area contributed by atoms with Crippen molar-refractivity contribution >= 4 is 85.8 Å². The molecule has 0 radical (unpaired) electrons. The van der Waals surface area contributed by atoms with Crippen LogP contribution in [0.25, 0.3) is 119 Å². The monoisotopic (exact) mass is 728 g/mol. The van der Waals surface area contributed by atoms with Crippen molar-refractivity contribution in [2.24, 2.45) is 0 Å². The number of hydrogen-bond donors (Lipinski definition) is 0. The molecule has 12 rings (SSSR count). The second-order valence-corrected chi connectivity index (χ2v) is 15.9. The Morgan fingerprint density at radius 2 is 0.750 bits per heavy atom. The summed E-state index contributed by atoms with van der Waals surface area (Å²) in [5, 5.41) is 12.6. The van der Waals surface area contributed by atoms with Crippen LogP contribution in [-0.2, 0) is 0 Å². The summed E-state index contributed by atoms with van der Waals surface area (Å²) in [4.78, 5) is 0. The molecule has 260 valence electrons. The molecular formula is C54H32OS. The van der Waals surface area contributed by atoms with Crippen LogP contribution in [0.5, 0.6) is 0 Å². The average molecular weight is 729 g/mol. The molecule has 0 aliphatic carbocycles. The van der Waals surface area contributed by atoms with Gasteiger partial charge in [-0.2, -0.15) is 0 Å². The van der Waals surface area contributed by atoms with E-state index in [0.717, 1.165) is 33.1 Å². The number of furan rings is 1. The van der Waals surface area contributed by atoms with Crippen LogP contribution in [0.1, 0.15) is 0 Å². The number of fused-ring (bicyclic) bond motifs is 12. The van der Waals surface area contributed by atoms with Crippen LogP contribution in [0.4, 0.5) is 0 Å². The topological polar surface area (TPSA) is 13.1 Å². The van der Waals surface area contributed by atoms with Crippen LogP contribution in [0.3, 0.4) is 0 Å². The average Bonchev–Trinajstić information content (AvgIpc) is 3.84. The van der Waals surface area contributed by atoms with Crippen LogP contribution in [0.15, 0.2) is 199 Å². The van der Waals surface area contributed by atoms with Crippen LogP contribution in [0.2, 0.25) is 0 Å². The first kappa shape index (κ1) is 31.4. The Hall–Kier alpha value is -7.00. The quantitative estimate of drug-likeness (QED) is 0.165. The van der Waals surface area contributed by atoms with Crippen molar-refractivity contribution in [2.45, 2.75) is 0 Å². The van der Waals surface area contributed by atoms with E-state index in [1.807, 2.05) is 11.3 Å². The lowest BCUT2D eigenvalue weighted by atomic mass is 9.92. The molecule has 0 atom stereocenters. The normalized spacial score (nSPS) is 11.9. The van der Waals surface area contributed by atoms with Crippen LogP contribution in [-0.4, -0.2) is 0 Å².